The van der Waals surface area contributed by atoms with Gasteiger partial charge in [-0.2, -0.15) is 0 Å². The van der Waals surface area contributed by atoms with E-state index >= 15 is 0 Å². The van der Waals surface area contributed by atoms with E-state index in [0.29, 0.717) is 39.8 Å². The lowest BCUT2D eigenvalue weighted by atomic mass is 10.1. The number of nitrogens with zero attached hydrogens (tertiary/aromatic N) is 1. The van der Waals surface area contributed by atoms with E-state index in [1.165, 1.54) is 42.3 Å². The maximum absolute atomic E-state index is 12.8. The van der Waals surface area contributed by atoms with Gasteiger partial charge in [0.15, 0.2) is 0 Å². The Morgan fingerprint density at radius 3 is 2.25 bits per heavy atom. The topological polar surface area (TPSA) is 75.7 Å². The molecule has 0 saturated heterocycles. The zero-order chi connectivity index (χ0) is 20.7. The van der Waals surface area contributed by atoms with Crippen molar-refractivity contribution in [2.45, 2.75) is 13.3 Å². The molecule has 8 heteroatoms. The molecule has 0 spiro atoms. The van der Waals surface area contributed by atoms with E-state index in [4.69, 9.17) is 23.2 Å². The highest BCUT2D eigenvalue weighted by Gasteiger charge is 2.19. The summed E-state index contributed by atoms with van der Waals surface area (Å²) in [5, 5.41) is 3.45. The molecule has 0 aliphatic rings. The number of carbonyl (C=O) groups excluding carboxylic acids is 3. The third-order valence-electron chi connectivity index (χ3n) is 3.87. The first-order valence-electron chi connectivity index (χ1n) is 8.58. The van der Waals surface area contributed by atoms with E-state index in [-0.39, 0.29) is 18.4 Å². The minimum atomic E-state index is -0.483. The number of methoxy groups -OCH3 is 1. The Hall–Kier alpha value is -2.57. The van der Waals surface area contributed by atoms with Crippen LogP contribution in [0.5, 0.6) is 0 Å². The smallest absolute Gasteiger partial charge is 0.337 e. The molecule has 0 aromatic heterocycles. The van der Waals surface area contributed by atoms with E-state index in [9.17, 15) is 14.4 Å². The van der Waals surface area contributed by atoms with E-state index < -0.39 is 5.97 Å². The molecule has 2 rings (SSSR count). The molecule has 2 aromatic rings. The maximum Gasteiger partial charge on any atom is 0.337 e. The minimum Gasteiger partial charge on any atom is -0.465 e. The van der Waals surface area contributed by atoms with Crippen LogP contribution in [0.15, 0.2) is 42.5 Å². The summed E-state index contributed by atoms with van der Waals surface area (Å²) >= 11 is 11.9. The maximum atomic E-state index is 12.8. The van der Waals surface area contributed by atoms with Crippen molar-refractivity contribution in [1.29, 1.82) is 0 Å². The van der Waals surface area contributed by atoms with Gasteiger partial charge in [0.25, 0.3) is 5.91 Å². The average molecular weight is 423 g/mol. The molecule has 2 amide bonds. The molecule has 0 bridgehead atoms. The van der Waals surface area contributed by atoms with Crippen LogP contribution in [0.2, 0.25) is 10.0 Å². The van der Waals surface area contributed by atoms with Gasteiger partial charge < -0.3 is 15.0 Å². The molecular formula is C20H20Cl2N2O4. The van der Waals surface area contributed by atoms with Gasteiger partial charge in [0, 0.05) is 17.1 Å². The lowest BCUT2D eigenvalue weighted by Crippen LogP contribution is -2.38. The summed E-state index contributed by atoms with van der Waals surface area (Å²) in [5.74, 6) is -1.17. The Labute approximate surface area is 173 Å². The van der Waals surface area contributed by atoms with Gasteiger partial charge in [-0.1, -0.05) is 30.1 Å². The highest BCUT2D eigenvalue weighted by molar-refractivity contribution is 6.36. The lowest BCUT2D eigenvalue weighted by molar-refractivity contribution is -0.116. The molecule has 2 aromatic carbocycles. The van der Waals surface area contributed by atoms with Gasteiger partial charge in [0.2, 0.25) is 5.91 Å². The van der Waals surface area contributed by atoms with Crippen LogP contribution in [0.25, 0.3) is 0 Å². The molecule has 0 aliphatic heterocycles. The highest BCUT2D eigenvalue weighted by Crippen LogP contribution is 2.25. The van der Waals surface area contributed by atoms with Gasteiger partial charge >= 0.3 is 5.97 Å². The van der Waals surface area contributed by atoms with Gasteiger partial charge in [-0.05, 0) is 48.9 Å². The van der Waals surface area contributed by atoms with Gasteiger partial charge in [0.05, 0.1) is 23.4 Å². The number of hydrogen-bond donors (Lipinski definition) is 1. The van der Waals surface area contributed by atoms with E-state index in [1.54, 1.807) is 12.1 Å². The number of anilines is 1. The molecule has 0 heterocycles. The molecule has 1 N–H and O–H groups in total. The quantitative estimate of drug-likeness (QED) is 0.675. The Morgan fingerprint density at radius 1 is 1.04 bits per heavy atom. The molecule has 0 aliphatic carbocycles. The summed E-state index contributed by atoms with van der Waals surface area (Å²) in [6, 6.07) is 10.8. The standard InChI is InChI=1S/C20H20Cl2N2O4/c1-3-10-24(12-18(25)23-17-9-8-15(21)11-16(17)22)19(26)13-4-6-14(7-5-13)20(27)28-2/h4-9,11H,3,10,12H2,1-2H3,(H,23,25). The first kappa shape index (κ1) is 21.7. The SMILES string of the molecule is CCCN(CC(=O)Nc1ccc(Cl)cc1Cl)C(=O)c1ccc(C(=O)OC)cc1. The zero-order valence-corrected chi connectivity index (χ0v) is 17.0. The Kier molecular flexibility index (Phi) is 7.84. The second-order valence-corrected chi connectivity index (χ2v) is 6.81. The summed E-state index contributed by atoms with van der Waals surface area (Å²) in [5.41, 5.74) is 1.14. The normalized spacial score (nSPS) is 10.3. The summed E-state index contributed by atoms with van der Waals surface area (Å²) in [6.07, 6.45) is 0.682. The summed E-state index contributed by atoms with van der Waals surface area (Å²) in [7, 11) is 1.29. The fourth-order valence-corrected chi connectivity index (χ4v) is 2.98. The number of hydrogen-bond acceptors (Lipinski definition) is 4. The molecule has 0 fully saturated rings. The summed E-state index contributed by atoms with van der Waals surface area (Å²) in [6.45, 7) is 2.18. The fraction of sp³-hybridized carbons (Fsp3) is 0.250. The fourth-order valence-electron chi connectivity index (χ4n) is 2.53. The second kappa shape index (κ2) is 10.1. The Morgan fingerprint density at radius 2 is 1.68 bits per heavy atom. The predicted molar refractivity (Wildman–Crippen MR) is 109 cm³/mol. The molecule has 28 heavy (non-hydrogen) atoms. The number of halogens is 2. The van der Waals surface area contributed by atoms with Crippen molar-refractivity contribution in [2.24, 2.45) is 0 Å². The molecule has 0 unspecified atom stereocenters. The minimum absolute atomic E-state index is 0.135. The first-order valence-corrected chi connectivity index (χ1v) is 9.33. The number of nitrogens with one attached hydrogen (secondary N) is 1. The summed E-state index contributed by atoms with van der Waals surface area (Å²) < 4.78 is 4.64. The number of benzene rings is 2. The van der Waals surface area contributed by atoms with Crippen molar-refractivity contribution in [3.05, 3.63) is 63.6 Å². The third-order valence-corrected chi connectivity index (χ3v) is 4.42. The molecule has 0 radical (unpaired) electrons. The van der Waals surface area contributed by atoms with Crippen molar-refractivity contribution in [3.63, 3.8) is 0 Å². The van der Waals surface area contributed by atoms with Gasteiger partial charge in [-0.15, -0.1) is 0 Å². The Balaban J connectivity index is 2.09. The first-order chi connectivity index (χ1) is 13.3. The summed E-state index contributed by atoms with van der Waals surface area (Å²) in [4.78, 5) is 38.1. The van der Waals surface area contributed by atoms with Crippen LogP contribution < -0.4 is 5.32 Å². The van der Waals surface area contributed by atoms with Crippen LogP contribution in [0.4, 0.5) is 5.69 Å². The molecule has 0 atom stereocenters. The van der Waals surface area contributed by atoms with E-state index in [0.717, 1.165) is 0 Å². The van der Waals surface area contributed by atoms with Crippen molar-refractivity contribution in [3.8, 4) is 0 Å². The number of amides is 2. The van der Waals surface area contributed by atoms with Gasteiger partial charge in [-0.3, -0.25) is 9.59 Å². The highest BCUT2D eigenvalue weighted by atomic mass is 35.5. The monoisotopic (exact) mass is 422 g/mol. The van der Waals surface area contributed by atoms with Crippen LogP contribution in [0.3, 0.4) is 0 Å². The molecular weight excluding hydrogens is 403 g/mol. The molecule has 148 valence electrons. The average Bonchev–Trinajstić information content (AvgIpc) is 2.68. The van der Waals surface area contributed by atoms with Gasteiger partial charge in [-0.25, -0.2) is 4.79 Å². The molecule has 0 saturated carbocycles. The van der Waals surface area contributed by atoms with Crippen molar-refractivity contribution in [1.82, 2.24) is 4.90 Å². The predicted octanol–water partition coefficient (Wildman–Crippen LogP) is 4.27. The van der Waals surface area contributed by atoms with E-state index in [1.807, 2.05) is 6.92 Å². The van der Waals surface area contributed by atoms with Gasteiger partial charge in [0.1, 0.15) is 6.54 Å². The Bertz CT molecular complexity index is 869. The van der Waals surface area contributed by atoms with E-state index in [2.05, 4.69) is 10.1 Å². The number of esters is 1. The number of carbonyl (C=O) groups is 3. The zero-order valence-electron chi connectivity index (χ0n) is 15.5. The third kappa shape index (κ3) is 5.71. The van der Waals surface area contributed by atoms with Crippen molar-refractivity contribution >= 4 is 46.7 Å². The van der Waals surface area contributed by atoms with Crippen LogP contribution in [-0.4, -0.2) is 42.9 Å². The van der Waals surface area contributed by atoms with Crippen molar-refractivity contribution in [2.75, 3.05) is 25.5 Å². The number of ether oxygens (including phenoxy) is 1. The van der Waals surface area contributed by atoms with Crippen LogP contribution in [0, 0.1) is 0 Å². The largest absolute Gasteiger partial charge is 0.465 e. The van der Waals surface area contributed by atoms with Crippen molar-refractivity contribution < 1.29 is 19.1 Å². The number of rotatable bonds is 7. The van der Waals surface area contributed by atoms with Crippen LogP contribution >= 0.6 is 23.2 Å². The second-order valence-electron chi connectivity index (χ2n) is 5.97. The molecule has 6 nitrogen and oxygen atoms in total. The lowest BCUT2D eigenvalue weighted by Gasteiger charge is -2.22. The van der Waals surface area contributed by atoms with Crippen LogP contribution in [-0.2, 0) is 9.53 Å². The van der Waals surface area contributed by atoms with Crippen LogP contribution in [0.1, 0.15) is 34.1 Å².